The van der Waals surface area contributed by atoms with Crippen LogP contribution in [0.5, 0.6) is 5.75 Å². The normalized spacial score (nSPS) is 13.7. The molecule has 0 saturated carbocycles. The highest BCUT2D eigenvalue weighted by Gasteiger charge is 2.28. The molecule has 4 nitrogen and oxygen atoms in total. The molecule has 4 heteroatoms. The topological polar surface area (TPSA) is 43.8 Å². The molecule has 0 bridgehead atoms. The van der Waals surface area contributed by atoms with Crippen molar-refractivity contribution in [1.29, 1.82) is 0 Å². The average molecular weight is 371 g/mol. The third kappa shape index (κ3) is 5.01. The Hall–Kier alpha value is -2.07. The Morgan fingerprint density at radius 3 is 2.48 bits per heavy atom. The lowest BCUT2D eigenvalue weighted by Crippen LogP contribution is -2.37. The maximum Gasteiger partial charge on any atom is 0.227 e. The van der Waals surface area contributed by atoms with Gasteiger partial charge < -0.3 is 14.9 Å². The number of aromatic hydroxyl groups is 1. The summed E-state index contributed by atoms with van der Waals surface area (Å²) in [5, 5.41) is 10.7. The molecule has 2 rings (SSSR count). The molecule has 0 fully saturated rings. The van der Waals surface area contributed by atoms with Crippen molar-refractivity contribution in [2.24, 2.45) is 0 Å². The monoisotopic (exact) mass is 370 g/mol. The van der Waals surface area contributed by atoms with Crippen LogP contribution in [0.15, 0.2) is 31.4 Å². The number of amides is 1. The first-order chi connectivity index (χ1) is 13.1. The van der Waals surface area contributed by atoms with Crippen molar-refractivity contribution in [1.82, 2.24) is 4.90 Å². The predicted molar refractivity (Wildman–Crippen MR) is 114 cm³/mol. The van der Waals surface area contributed by atoms with E-state index in [4.69, 9.17) is 0 Å². The van der Waals surface area contributed by atoms with Crippen LogP contribution in [-0.4, -0.2) is 42.1 Å². The lowest BCUT2D eigenvalue weighted by Gasteiger charge is -2.32. The first-order valence-corrected chi connectivity index (χ1v) is 10.2. The van der Waals surface area contributed by atoms with Crippen molar-refractivity contribution in [2.75, 3.05) is 31.1 Å². The van der Waals surface area contributed by atoms with E-state index in [1.165, 1.54) is 0 Å². The molecule has 0 radical (unpaired) electrons. The standard InChI is InChI=1S/C23H34N2O2/c1-5-11-18-17-21-19(20(12-6-2)23(18)27)13-14-22(26)25(21)16-10-9-15-24(7-3)8-4/h5-6,17,27H,1-2,7-16H2,3-4H3. The molecule has 0 unspecified atom stereocenters. The fourth-order valence-electron chi connectivity index (χ4n) is 3.90. The number of allylic oxidation sites excluding steroid dienone is 2. The van der Waals surface area contributed by atoms with E-state index in [1.54, 1.807) is 6.08 Å². The number of benzene rings is 1. The van der Waals surface area contributed by atoms with Gasteiger partial charge in [0, 0.05) is 24.2 Å². The average Bonchev–Trinajstić information content (AvgIpc) is 2.67. The van der Waals surface area contributed by atoms with Crippen molar-refractivity contribution < 1.29 is 9.90 Å². The number of unbranched alkanes of at least 4 members (excludes halogenated alkanes) is 1. The maximum absolute atomic E-state index is 12.6. The van der Waals surface area contributed by atoms with E-state index in [0.29, 0.717) is 31.4 Å². The highest BCUT2D eigenvalue weighted by Crippen LogP contribution is 2.39. The van der Waals surface area contributed by atoms with Gasteiger partial charge in [0.2, 0.25) is 5.91 Å². The largest absolute Gasteiger partial charge is 0.507 e. The Labute approximate surface area is 164 Å². The minimum Gasteiger partial charge on any atom is -0.507 e. The molecule has 0 aliphatic carbocycles. The number of nitrogens with zero attached hydrogens (tertiary/aromatic N) is 2. The molecule has 0 atom stereocenters. The molecule has 1 aliphatic heterocycles. The summed E-state index contributed by atoms with van der Waals surface area (Å²) < 4.78 is 0. The molecule has 1 aromatic rings. The van der Waals surface area contributed by atoms with Gasteiger partial charge in [-0.1, -0.05) is 26.0 Å². The zero-order valence-corrected chi connectivity index (χ0v) is 17.0. The van der Waals surface area contributed by atoms with E-state index >= 15 is 0 Å². The molecule has 1 aromatic carbocycles. The molecule has 1 N–H and O–H groups in total. The third-order valence-electron chi connectivity index (χ3n) is 5.47. The number of carbonyl (C=O) groups excluding carboxylic acids is 1. The number of phenols is 1. The van der Waals surface area contributed by atoms with Crippen LogP contribution in [-0.2, 0) is 24.1 Å². The van der Waals surface area contributed by atoms with Gasteiger partial charge >= 0.3 is 0 Å². The summed E-state index contributed by atoms with van der Waals surface area (Å²) in [6, 6.07) is 1.99. The maximum atomic E-state index is 12.6. The molecule has 1 amide bonds. The second kappa shape index (κ2) is 10.3. The van der Waals surface area contributed by atoms with Gasteiger partial charge in [-0.05, 0) is 68.9 Å². The van der Waals surface area contributed by atoms with E-state index in [9.17, 15) is 9.90 Å². The zero-order chi connectivity index (χ0) is 19.8. The van der Waals surface area contributed by atoms with Gasteiger partial charge in [0.1, 0.15) is 5.75 Å². The van der Waals surface area contributed by atoms with Crippen LogP contribution in [0.3, 0.4) is 0 Å². The Balaban J connectivity index is 2.24. The zero-order valence-electron chi connectivity index (χ0n) is 17.0. The van der Waals surface area contributed by atoms with Crippen LogP contribution in [0.2, 0.25) is 0 Å². The molecule has 0 aromatic heterocycles. The van der Waals surface area contributed by atoms with Gasteiger partial charge in [-0.25, -0.2) is 0 Å². The number of hydrogen-bond donors (Lipinski definition) is 1. The van der Waals surface area contributed by atoms with Crippen LogP contribution in [0.25, 0.3) is 0 Å². The minimum atomic E-state index is 0.185. The van der Waals surface area contributed by atoms with Gasteiger partial charge in [-0.3, -0.25) is 4.79 Å². The van der Waals surface area contributed by atoms with Crippen LogP contribution in [0.4, 0.5) is 5.69 Å². The highest BCUT2D eigenvalue weighted by molar-refractivity contribution is 5.97. The lowest BCUT2D eigenvalue weighted by atomic mass is 9.90. The van der Waals surface area contributed by atoms with E-state index < -0.39 is 0 Å². The van der Waals surface area contributed by atoms with Gasteiger partial charge in [0.25, 0.3) is 0 Å². The Morgan fingerprint density at radius 2 is 1.85 bits per heavy atom. The number of carbonyl (C=O) groups is 1. The van der Waals surface area contributed by atoms with Crippen molar-refractivity contribution in [3.8, 4) is 5.75 Å². The van der Waals surface area contributed by atoms with E-state index in [-0.39, 0.29) is 5.91 Å². The highest BCUT2D eigenvalue weighted by atomic mass is 16.3. The second-order valence-electron chi connectivity index (χ2n) is 7.13. The third-order valence-corrected chi connectivity index (χ3v) is 5.47. The molecule has 1 heterocycles. The van der Waals surface area contributed by atoms with Gasteiger partial charge in [0.05, 0.1) is 0 Å². The first-order valence-electron chi connectivity index (χ1n) is 10.2. The predicted octanol–water partition coefficient (Wildman–Crippen LogP) is 4.25. The molecule has 1 aliphatic rings. The minimum absolute atomic E-state index is 0.185. The molecular weight excluding hydrogens is 336 g/mol. The van der Waals surface area contributed by atoms with E-state index in [1.807, 2.05) is 17.0 Å². The Bertz CT molecular complexity index is 677. The van der Waals surface area contributed by atoms with Gasteiger partial charge in [-0.15, -0.1) is 13.2 Å². The summed E-state index contributed by atoms with van der Waals surface area (Å²) in [6.07, 6.45) is 8.07. The molecule has 148 valence electrons. The van der Waals surface area contributed by atoms with Crippen molar-refractivity contribution >= 4 is 11.6 Å². The molecule has 27 heavy (non-hydrogen) atoms. The van der Waals surface area contributed by atoms with Crippen LogP contribution >= 0.6 is 0 Å². The number of hydrogen-bond acceptors (Lipinski definition) is 3. The summed E-state index contributed by atoms with van der Waals surface area (Å²) in [5.74, 6) is 0.523. The summed E-state index contributed by atoms with van der Waals surface area (Å²) >= 11 is 0. The van der Waals surface area contributed by atoms with Gasteiger partial charge in [0.15, 0.2) is 0 Å². The summed E-state index contributed by atoms with van der Waals surface area (Å²) in [6.45, 7) is 15.9. The number of fused-ring (bicyclic) bond motifs is 1. The van der Waals surface area contributed by atoms with E-state index in [0.717, 1.165) is 61.4 Å². The smallest absolute Gasteiger partial charge is 0.227 e. The van der Waals surface area contributed by atoms with Crippen LogP contribution < -0.4 is 4.90 Å². The molecular formula is C23H34N2O2. The van der Waals surface area contributed by atoms with Crippen molar-refractivity contribution in [3.05, 3.63) is 48.1 Å². The van der Waals surface area contributed by atoms with Crippen LogP contribution in [0, 0.1) is 0 Å². The molecule has 0 spiro atoms. The number of anilines is 1. The number of rotatable bonds is 11. The van der Waals surface area contributed by atoms with E-state index in [2.05, 4.69) is 31.9 Å². The second-order valence-corrected chi connectivity index (χ2v) is 7.13. The SMILES string of the molecule is C=CCc1cc2c(c(CC=C)c1O)CCC(=O)N2CCCCN(CC)CC. The van der Waals surface area contributed by atoms with Crippen molar-refractivity contribution in [3.63, 3.8) is 0 Å². The molecule has 0 saturated heterocycles. The van der Waals surface area contributed by atoms with Crippen LogP contribution in [0.1, 0.15) is 49.8 Å². The summed E-state index contributed by atoms with van der Waals surface area (Å²) in [7, 11) is 0. The number of phenolic OH excluding ortho intramolecular Hbond substituents is 1. The quantitative estimate of drug-likeness (QED) is 0.468. The summed E-state index contributed by atoms with van der Waals surface area (Å²) in [5.41, 5.74) is 3.83. The Morgan fingerprint density at radius 1 is 1.15 bits per heavy atom. The van der Waals surface area contributed by atoms with Crippen molar-refractivity contribution in [2.45, 2.75) is 52.4 Å². The van der Waals surface area contributed by atoms with Gasteiger partial charge in [-0.2, -0.15) is 0 Å². The fourth-order valence-corrected chi connectivity index (χ4v) is 3.90. The Kier molecular flexibility index (Phi) is 8.11. The lowest BCUT2D eigenvalue weighted by molar-refractivity contribution is -0.118. The first kappa shape index (κ1) is 21.2. The summed E-state index contributed by atoms with van der Waals surface area (Å²) in [4.78, 5) is 17.0. The fraction of sp³-hybridized carbons (Fsp3) is 0.522.